The lowest BCUT2D eigenvalue weighted by atomic mass is 9.96. The summed E-state index contributed by atoms with van der Waals surface area (Å²) in [7, 11) is 1.21. The molecule has 0 saturated carbocycles. The van der Waals surface area contributed by atoms with Gasteiger partial charge in [0.05, 0.1) is 5.56 Å². The third-order valence-corrected chi connectivity index (χ3v) is 5.55. The highest BCUT2D eigenvalue weighted by atomic mass is 35.5. The van der Waals surface area contributed by atoms with E-state index in [1.165, 1.54) is 18.4 Å². The van der Waals surface area contributed by atoms with Gasteiger partial charge in [-0.25, -0.2) is 0 Å². The summed E-state index contributed by atoms with van der Waals surface area (Å²) in [5.41, 5.74) is -0.416. The molecule has 25 heavy (non-hydrogen) atoms. The molecule has 5 nitrogen and oxygen atoms in total. The van der Waals surface area contributed by atoms with E-state index >= 15 is 0 Å². The Morgan fingerprint density at radius 1 is 1.40 bits per heavy atom. The van der Waals surface area contributed by atoms with E-state index in [1.807, 2.05) is 0 Å². The second kappa shape index (κ2) is 6.35. The van der Waals surface area contributed by atoms with E-state index in [-0.39, 0.29) is 0 Å². The van der Waals surface area contributed by atoms with Crippen LogP contribution in [0, 0.1) is 11.3 Å². The van der Waals surface area contributed by atoms with Crippen molar-refractivity contribution in [2.75, 3.05) is 5.32 Å². The maximum Gasteiger partial charge on any atom is 0.436 e. The van der Waals surface area contributed by atoms with Crippen LogP contribution in [0.2, 0.25) is 5.02 Å². The van der Waals surface area contributed by atoms with Crippen molar-refractivity contribution in [1.29, 1.82) is 5.26 Å². The highest BCUT2D eigenvalue weighted by molar-refractivity contribution is 7.16. The average Bonchev–Trinajstić information content (AvgIpc) is 3.03. The van der Waals surface area contributed by atoms with Gasteiger partial charge in [-0.3, -0.25) is 9.48 Å². The molecule has 1 aliphatic carbocycles. The number of aromatic nitrogens is 2. The van der Waals surface area contributed by atoms with Crippen LogP contribution in [0.25, 0.3) is 0 Å². The third-order valence-electron chi connectivity index (χ3n) is 3.98. The van der Waals surface area contributed by atoms with Crippen LogP contribution >= 0.6 is 22.9 Å². The van der Waals surface area contributed by atoms with E-state index in [0.29, 0.717) is 10.6 Å². The molecule has 0 radical (unpaired) electrons. The van der Waals surface area contributed by atoms with Crippen LogP contribution in [0.1, 0.15) is 45.0 Å². The molecule has 0 unspecified atom stereocenters. The number of amides is 1. The lowest BCUT2D eigenvalue weighted by molar-refractivity contribution is -0.141. The predicted octanol–water partition coefficient (Wildman–Crippen LogP) is 4.16. The number of fused-ring (bicyclic) bond motifs is 1. The van der Waals surface area contributed by atoms with Gasteiger partial charge >= 0.3 is 6.18 Å². The van der Waals surface area contributed by atoms with Crippen LogP contribution in [-0.2, 0) is 26.1 Å². The molecule has 3 rings (SSSR count). The van der Waals surface area contributed by atoms with Crippen molar-refractivity contribution < 1.29 is 18.0 Å². The molecule has 0 spiro atoms. The van der Waals surface area contributed by atoms with Crippen molar-refractivity contribution in [2.24, 2.45) is 7.05 Å². The van der Waals surface area contributed by atoms with Crippen molar-refractivity contribution in [1.82, 2.24) is 9.78 Å². The Labute approximate surface area is 150 Å². The summed E-state index contributed by atoms with van der Waals surface area (Å²) in [5.74, 6) is -0.828. The lowest BCUT2D eigenvalue weighted by Crippen LogP contribution is -2.16. The summed E-state index contributed by atoms with van der Waals surface area (Å²) in [5, 5.41) is 14.8. The summed E-state index contributed by atoms with van der Waals surface area (Å²) < 4.78 is 39.4. The summed E-state index contributed by atoms with van der Waals surface area (Å²) in [6.45, 7) is 0. The van der Waals surface area contributed by atoms with E-state index in [2.05, 4.69) is 16.5 Å². The number of nitrogens with zero attached hydrogens (tertiary/aromatic N) is 3. The SMILES string of the molecule is Cn1nc(C(F)(F)F)c(Cl)c1C(=O)Nc1sc2c(c1C#N)CCCC2. The first-order valence-corrected chi connectivity index (χ1v) is 8.59. The molecule has 1 N–H and O–H groups in total. The predicted molar refractivity (Wildman–Crippen MR) is 86.8 cm³/mol. The zero-order chi connectivity index (χ0) is 18.4. The Balaban J connectivity index is 1.96. The minimum Gasteiger partial charge on any atom is -0.311 e. The van der Waals surface area contributed by atoms with Gasteiger partial charge in [0.1, 0.15) is 21.8 Å². The topological polar surface area (TPSA) is 70.7 Å². The summed E-state index contributed by atoms with van der Waals surface area (Å²) in [6.07, 6.45) is -1.19. The fourth-order valence-electron chi connectivity index (χ4n) is 2.86. The Bertz CT molecular complexity index is 894. The summed E-state index contributed by atoms with van der Waals surface area (Å²) >= 11 is 7.01. The number of carbonyl (C=O) groups excluding carboxylic acids is 1. The Morgan fingerprint density at radius 3 is 2.68 bits per heavy atom. The van der Waals surface area contributed by atoms with Crippen molar-refractivity contribution in [3.05, 3.63) is 32.4 Å². The van der Waals surface area contributed by atoms with Crippen LogP contribution in [0.3, 0.4) is 0 Å². The third kappa shape index (κ3) is 3.12. The quantitative estimate of drug-likeness (QED) is 0.839. The van der Waals surface area contributed by atoms with Crippen molar-refractivity contribution in [3.8, 4) is 6.07 Å². The number of anilines is 1. The van der Waals surface area contributed by atoms with Gasteiger partial charge in [0, 0.05) is 11.9 Å². The normalized spacial score (nSPS) is 14.1. The standard InChI is InChI=1S/C15H12ClF3N4OS/c1-23-11(10(16)12(22-23)15(17,18)19)13(24)21-14-8(6-20)7-4-2-3-5-9(7)25-14/h2-5H2,1H3,(H,21,24). The first kappa shape index (κ1) is 17.8. The second-order valence-electron chi connectivity index (χ2n) is 5.61. The van der Waals surface area contributed by atoms with Crippen molar-refractivity contribution >= 4 is 33.8 Å². The highest BCUT2D eigenvalue weighted by Gasteiger charge is 2.40. The fourth-order valence-corrected chi connectivity index (χ4v) is 4.45. The van der Waals surface area contributed by atoms with Gasteiger partial charge in [-0.15, -0.1) is 11.3 Å². The summed E-state index contributed by atoms with van der Waals surface area (Å²) in [6, 6.07) is 2.08. The number of carbonyl (C=O) groups is 1. The van der Waals surface area contributed by atoms with E-state index in [0.717, 1.165) is 40.8 Å². The zero-order valence-corrected chi connectivity index (χ0v) is 14.6. The number of hydrogen-bond donors (Lipinski definition) is 1. The van der Waals surface area contributed by atoms with Crippen LogP contribution < -0.4 is 5.32 Å². The maximum absolute atomic E-state index is 12.9. The zero-order valence-electron chi connectivity index (χ0n) is 13.0. The largest absolute Gasteiger partial charge is 0.436 e. The van der Waals surface area contributed by atoms with Gasteiger partial charge in [0.25, 0.3) is 5.91 Å². The van der Waals surface area contributed by atoms with E-state index < -0.39 is 28.5 Å². The molecule has 1 amide bonds. The van der Waals surface area contributed by atoms with E-state index in [1.54, 1.807) is 0 Å². The van der Waals surface area contributed by atoms with Crippen molar-refractivity contribution in [2.45, 2.75) is 31.9 Å². The molecule has 2 heterocycles. The molecule has 0 fully saturated rings. The number of thiophene rings is 1. The van der Waals surface area contributed by atoms with Gasteiger partial charge in [0.2, 0.25) is 0 Å². The molecule has 132 valence electrons. The smallest absolute Gasteiger partial charge is 0.311 e. The summed E-state index contributed by atoms with van der Waals surface area (Å²) in [4.78, 5) is 13.5. The molecule has 10 heteroatoms. The number of nitriles is 1. The van der Waals surface area contributed by atoms with Crippen LogP contribution in [0.15, 0.2) is 0 Å². The maximum atomic E-state index is 12.9. The number of halogens is 4. The van der Waals surface area contributed by atoms with Gasteiger partial charge in [-0.05, 0) is 31.2 Å². The molecule has 0 aliphatic heterocycles. The first-order chi connectivity index (χ1) is 11.7. The Morgan fingerprint density at radius 2 is 2.08 bits per heavy atom. The van der Waals surface area contributed by atoms with Gasteiger partial charge in [0.15, 0.2) is 5.69 Å². The monoisotopic (exact) mass is 388 g/mol. The average molecular weight is 389 g/mol. The van der Waals surface area contributed by atoms with E-state index in [9.17, 15) is 23.2 Å². The fraction of sp³-hybridized carbons (Fsp3) is 0.400. The molecule has 0 bridgehead atoms. The Kier molecular flexibility index (Phi) is 4.51. The van der Waals surface area contributed by atoms with Crippen LogP contribution in [-0.4, -0.2) is 15.7 Å². The van der Waals surface area contributed by atoms with E-state index in [4.69, 9.17) is 11.6 Å². The number of rotatable bonds is 2. The lowest BCUT2D eigenvalue weighted by Gasteiger charge is -2.09. The molecular formula is C15H12ClF3N4OS. The number of alkyl halides is 3. The number of aryl methyl sites for hydroxylation is 2. The molecule has 0 aromatic carbocycles. The van der Waals surface area contributed by atoms with Gasteiger partial charge < -0.3 is 5.32 Å². The molecular weight excluding hydrogens is 377 g/mol. The molecule has 1 aliphatic rings. The van der Waals surface area contributed by atoms with Crippen LogP contribution in [0.5, 0.6) is 0 Å². The molecule has 0 atom stereocenters. The van der Waals surface area contributed by atoms with Gasteiger partial charge in [-0.1, -0.05) is 11.6 Å². The second-order valence-corrected chi connectivity index (χ2v) is 7.10. The van der Waals surface area contributed by atoms with Crippen LogP contribution in [0.4, 0.5) is 18.2 Å². The minimum absolute atomic E-state index is 0.338. The highest BCUT2D eigenvalue weighted by Crippen LogP contribution is 2.39. The molecule has 2 aromatic rings. The molecule has 2 aromatic heterocycles. The number of nitrogens with one attached hydrogen (secondary N) is 1. The first-order valence-electron chi connectivity index (χ1n) is 7.39. The number of hydrogen-bond acceptors (Lipinski definition) is 4. The minimum atomic E-state index is -4.76. The van der Waals surface area contributed by atoms with Gasteiger partial charge in [-0.2, -0.15) is 23.5 Å². The Hall–Kier alpha value is -2.05. The molecule has 0 saturated heterocycles. The van der Waals surface area contributed by atoms with Crippen molar-refractivity contribution in [3.63, 3.8) is 0 Å².